The number of carbonyl (C=O) groups is 2. The highest BCUT2D eigenvalue weighted by Crippen LogP contribution is 2.21. The van der Waals surface area contributed by atoms with Gasteiger partial charge in [-0.2, -0.15) is 0 Å². The quantitative estimate of drug-likeness (QED) is 0.856. The van der Waals surface area contributed by atoms with Gasteiger partial charge in [-0.1, -0.05) is 6.42 Å². The number of nitrogens with one attached hydrogen (secondary N) is 1. The maximum Gasteiger partial charge on any atom is 0.240 e. The molecule has 1 fully saturated rings. The van der Waals surface area contributed by atoms with Gasteiger partial charge >= 0.3 is 0 Å². The third kappa shape index (κ3) is 5.30. The molecule has 2 amide bonds. The molecule has 1 aromatic rings. The van der Waals surface area contributed by atoms with Gasteiger partial charge in [-0.3, -0.25) is 19.5 Å². The van der Waals surface area contributed by atoms with Gasteiger partial charge in [0.2, 0.25) is 11.8 Å². The molecular weight excluding hydrogens is 304 g/mol. The maximum atomic E-state index is 12.8. The van der Waals surface area contributed by atoms with E-state index in [1.165, 1.54) is 0 Å². The Hall–Kier alpha value is -1.95. The van der Waals surface area contributed by atoms with Crippen molar-refractivity contribution in [1.82, 2.24) is 20.1 Å². The van der Waals surface area contributed by atoms with E-state index in [0.29, 0.717) is 0 Å². The second-order valence-corrected chi connectivity index (χ2v) is 6.75. The molecule has 1 aliphatic heterocycles. The van der Waals surface area contributed by atoms with Gasteiger partial charge in [0.25, 0.3) is 0 Å². The minimum atomic E-state index is -0.149. The second kappa shape index (κ2) is 8.78. The molecule has 1 N–H and O–H groups in total. The number of carbonyl (C=O) groups excluding carboxylic acids is 2. The van der Waals surface area contributed by atoms with E-state index >= 15 is 0 Å². The molecule has 1 aliphatic rings. The van der Waals surface area contributed by atoms with Crippen LogP contribution in [0, 0.1) is 0 Å². The van der Waals surface area contributed by atoms with Crippen LogP contribution >= 0.6 is 0 Å². The number of hydrogen-bond donors (Lipinski definition) is 1. The molecule has 2 rings (SSSR count). The summed E-state index contributed by atoms with van der Waals surface area (Å²) in [6, 6.07) is 3.90. The Labute approximate surface area is 144 Å². The van der Waals surface area contributed by atoms with Crippen LogP contribution in [0.3, 0.4) is 0 Å². The van der Waals surface area contributed by atoms with Crippen LogP contribution < -0.4 is 5.32 Å². The van der Waals surface area contributed by atoms with Crippen molar-refractivity contribution in [2.45, 2.75) is 51.7 Å². The summed E-state index contributed by atoms with van der Waals surface area (Å²) >= 11 is 0. The number of aromatic nitrogens is 1. The second-order valence-electron chi connectivity index (χ2n) is 6.75. The number of hydrogen-bond acceptors (Lipinski definition) is 4. The van der Waals surface area contributed by atoms with E-state index in [-0.39, 0.29) is 30.4 Å². The zero-order valence-electron chi connectivity index (χ0n) is 14.9. The van der Waals surface area contributed by atoms with Crippen LogP contribution in [0.5, 0.6) is 0 Å². The van der Waals surface area contributed by atoms with Gasteiger partial charge < -0.3 is 10.2 Å². The lowest BCUT2D eigenvalue weighted by Crippen LogP contribution is -2.51. The Bertz CT molecular complexity index is 547. The standard InChI is InChI=1S/C18H28N4O2/c1-14(2)20-17(23)13-21(3)18(24)16-6-4-5-11-22(16)12-15-7-9-19-10-8-15/h7-10,14,16H,4-6,11-13H2,1-3H3,(H,20,23)/t16-/m1/s1. The van der Waals surface area contributed by atoms with Crippen molar-refractivity contribution >= 4 is 11.8 Å². The van der Waals surface area contributed by atoms with Gasteiger partial charge in [0.1, 0.15) is 0 Å². The molecule has 1 aromatic heterocycles. The largest absolute Gasteiger partial charge is 0.352 e. The Kier molecular flexibility index (Phi) is 6.73. The fourth-order valence-corrected chi connectivity index (χ4v) is 3.10. The van der Waals surface area contributed by atoms with Crippen LogP contribution in [0.25, 0.3) is 0 Å². The van der Waals surface area contributed by atoms with E-state index in [0.717, 1.165) is 37.9 Å². The number of piperidine rings is 1. The fraction of sp³-hybridized carbons (Fsp3) is 0.611. The first kappa shape index (κ1) is 18.4. The van der Waals surface area contributed by atoms with Gasteiger partial charge in [-0.15, -0.1) is 0 Å². The molecule has 0 saturated carbocycles. The van der Waals surface area contributed by atoms with Crippen LogP contribution in [0.15, 0.2) is 24.5 Å². The number of pyridine rings is 1. The Morgan fingerprint density at radius 1 is 1.33 bits per heavy atom. The molecule has 1 saturated heterocycles. The molecule has 1 atom stereocenters. The van der Waals surface area contributed by atoms with Crippen LogP contribution in [0.2, 0.25) is 0 Å². The van der Waals surface area contributed by atoms with E-state index in [9.17, 15) is 9.59 Å². The monoisotopic (exact) mass is 332 g/mol. The summed E-state index contributed by atoms with van der Waals surface area (Å²) in [7, 11) is 1.71. The Morgan fingerprint density at radius 3 is 2.71 bits per heavy atom. The predicted octanol–water partition coefficient (Wildman–Crippen LogP) is 1.42. The summed E-state index contributed by atoms with van der Waals surface area (Å²) in [6.45, 7) is 5.58. The first-order valence-corrected chi connectivity index (χ1v) is 8.64. The number of likely N-dealkylation sites (tertiary alicyclic amines) is 1. The van der Waals surface area contributed by atoms with Gasteiger partial charge in [-0.25, -0.2) is 0 Å². The molecule has 0 unspecified atom stereocenters. The lowest BCUT2D eigenvalue weighted by atomic mass is 10.00. The highest BCUT2D eigenvalue weighted by Gasteiger charge is 2.31. The van der Waals surface area contributed by atoms with E-state index < -0.39 is 0 Å². The van der Waals surface area contributed by atoms with E-state index in [1.54, 1.807) is 24.3 Å². The molecule has 2 heterocycles. The summed E-state index contributed by atoms with van der Waals surface area (Å²) in [5.74, 6) is -0.0833. The van der Waals surface area contributed by atoms with Crippen molar-refractivity contribution in [3.05, 3.63) is 30.1 Å². The van der Waals surface area contributed by atoms with Crippen LogP contribution in [0.1, 0.15) is 38.7 Å². The molecule has 0 bridgehead atoms. The average Bonchev–Trinajstić information content (AvgIpc) is 2.55. The third-order valence-electron chi connectivity index (χ3n) is 4.24. The van der Waals surface area contributed by atoms with Crippen molar-refractivity contribution < 1.29 is 9.59 Å². The molecule has 132 valence electrons. The maximum absolute atomic E-state index is 12.8. The highest BCUT2D eigenvalue weighted by atomic mass is 16.2. The summed E-state index contributed by atoms with van der Waals surface area (Å²) in [6.07, 6.45) is 6.55. The zero-order chi connectivity index (χ0) is 17.5. The molecule has 0 aromatic carbocycles. The number of nitrogens with zero attached hydrogens (tertiary/aromatic N) is 3. The fourth-order valence-electron chi connectivity index (χ4n) is 3.10. The van der Waals surface area contributed by atoms with Crippen molar-refractivity contribution in [2.75, 3.05) is 20.1 Å². The normalized spacial score (nSPS) is 18.4. The Balaban J connectivity index is 1.98. The van der Waals surface area contributed by atoms with Gasteiger partial charge in [0, 0.05) is 32.0 Å². The SMILES string of the molecule is CC(C)NC(=O)CN(C)C(=O)[C@H]1CCCCN1Cc1ccncc1. The number of likely N-dealkylation sites (N-methyl/N-ethyl adjacent to an activating group) is 1. The average molecular weight is 332 g/mol. The Morgan fingerprint density at radius 2 is 2.04 bits per heavy atom. The van der Waals surface area contributed by atoms with Crippen LogP contribution in [-0.2, 0) is 16.1 Å². The zero-order valence-corrected chi connectivity index (χ0v) is 14.9. The summed E-state index contributed by atoms with van der Waals surface area (Å²) in [5, 5.41) is 2.83. The smallest absolute Gasteiger partial charge is 0.240 e. The topological polar surface area (TPSA) is 65.5 Å². The molecule has 24 heavy (non-hydrogen) atoms. The molecule has 0 aliphatic carbocycles. The molecule has 0 spiro atoms. The van der Waals surface area contributed by atoms with Gasteiger partial charge in [0.15, 0.2) is 0 Å². The van der Waals surface area contributed by atoms with E-state index in [2.05, 4.69) is 15.2 Å². The first-order valence-electron chi connectivity index (χ1n) is 8.64. The first-order chi connectivity index (χ1) is 11.5. The third-order valence-corrected chi connectivity index (χ3v) is 4.24. The predicted molar refractivity (Wildman–Crippen MR) is 93.2 cm³/mol. The minimum absolute atomic E-state index is 0.0302. The van der Waals surface area contributed by atoms with Crippen molar-refractivity contribution in [3.8, 4) is 0 Å². The van der Waals surface area contributed by atoms with E-state index in [1.807, 2.05) is 26.0 Å². The molecule has 0 radical (unpaired) electrons. The number of rotatable bonds is 6. The van der Waals surface area contributed by atoms with Crippen molar-refractivity contribution in [2.24, 2.45) is 0 Å². The summed E-state index contributed by atoms with van der Waals surface area (Å²) < 4.78 is 0. The lowest BCUT2D eigenvalue weighted by molar-refractivity contribution is -0.140. The summed E-state index contributed by atoms with van der Waals surface area (Å²) in [5.41, 5.74) is 1.16. The molecular formula is C18H28N4O2. The van der Waals surface area contributed by atoms with E-state index in [4.69, 9.17) is 0 Å². The van der Waals surface area contributed by atoms with Gasteiger partial charge in [0.05, 0.1) is 12.6 Å². The number of amides is 2. The molecule has 6 nitrogen and oxygen atoms in total. The van der Waals surface area contributed by atoms with Crippen LogP contribution in [0.4, 0.5) is 0 Å². The van der Waals surface area contributed by atoms with Crippen molar-refractivity contribution in [3.63, 3.8) is 0 Å². The van der Waals surface area contributed by atoms with Gasteiger partial charge in [-0.05, 0) is 50.9 Å². The van der Waals surface area contributed by atoms with Crippen LogP contribution in [-0.4, -0.2) is 58.8 Å². The summed E-state index contributed by atoms with van der Waals surface area (Å²) in [4.78, 5) is 32.5. The van der Waals surface area contributed by atoms with Crippen molar-refractivity contribution in [1.29, 1.82) is 0 Å². The molecule has 6 heteroatoms. The lowest BCUT2D eigenvalue weighted by Gasteiger charge is -2.36. The highest BCUT2D eigenvalue weighted by molar-refractivity contribution is 5.87. The minimum Gasteiger partial charge on any atom is -0.352 e.